The first-order valence-corrected chi connectivity index (χ1v) is 15.1. The monoisotopic (exact) mass is 661 g/mol. The Labute approximate surface area is 279 Å². The smallest absolute Gasteiger partial charge is 0.182 e. The van der Waals surface area contributed by atoms with Crippen molar-refractivity contribution in [3.63, 3.8) is 0 Å². The Morgan fingerprint density at radius 3 is 1.17 bits per heavy atom. The second-order valence-electron chi connectivity index (χ2n) is 9.70. The van der Waals surface area contributed by atoms with Crippen molar-refractivity contribution in [1.29, 1.82) is 0 Å². The third-order valence-electron chi connectivity index (χ3n) is 6.76. The highest BCUT2D eigenvalue weighted by Gasteiger charge is 2.17. The molecule has 0 fully saturated rings. The Balaban J connectivity index is 0.000000879. The Hall–Kier alpha value is -5.22. The van der Waals surface area contributed by atoms with Crippen LogP contribution in [0.5, 0.6) is 0 Å². The molecule has 0 aliphatic carbocycles. The van der Waals surface area contributed by atoms with Gasteiger partial charge >= 0.3 is 0 Å². The average molecular weight is 663 g/mol. The van der Waals surface area contributed by atoms with Gasteiger partial charge in [0, 0.05) is 70.6 Å². The molecular weight excluding hydrogens is 641 g/mol. The van der Waals surface area contributed by atoms with Gasteiger partial charge in [0.2, 0.25) is 0 Å². The predicted molar refractivity (Wildman–Crippen MR) is 181 cm³/mol. The zero-order valence-electron chi connectivity index (χ0n) is 23.9. The fourth-order valence-electron chi connectivity index (χ4n) is 4.72. The molecule has 4 heterocycles. The van der Waals surface area contributed by atoms with Crippen LogP contribution in [0.25, 0.3) is 67.3 Å². The Morgan fingerprint density at radius 2 is 0.739 bits per heavy atom. The van der Waals surface area contributed by atoms with E-state index in [9.17, 15) is 0 Å². The lowest BCUT2D eigenvalue weighted by atomic mass is 9.98. The van der Waals surface area contributed by atoms with Crippen LogP contribution in [0.2, 0.25) is 0 Å². The lowest BCUT2D eigenvalue weighted by Gasteiger charge is -2.12. The number of nitrogens with zero attached hydrogens (tertiary/aromatic N) is 9. The van der Waals surface area contributed by atoms with Gasteiger partial charge in [0.05, 0.1) is 0 Å². The minimum atomic E-state index is -0.750. The number of hydrogen-bond acceptors (Lipinski definition) is 9. The lowest BCUT2D eigenvalue weighted by molar-refractivity contribution is 0.991. The Kier molecular flexibility index (Phi) is 9.84. The summed E-state index contributed by atoms with van der Waals surface area (Å²) in [6.07, 6.45) is 15.3. The Morgan fingerprint density at radius 1 is 0.391 bits per heavy atom. The van der Waals surface area contributed by atoms with Gasteiger partial charge < -0.3 is 0 Å². The standard InChI is InChI=1S/C33H21N9.CHCl3/c1-4-22(28-13-34-19-35-14-28)10-25(7-1)31-32(26-8-2-5-23(11-26)29-15-36-20-37-16-29)41-42-33(40-31)27-9-3-6-24(12-27)30-17-38-21-39-18-30;2-1(3)4/h1-21H;1H. The van der Waals surface area contributed by atoms with Crippen molar-refractivity contribution in [3.8, 4) is 67.3 Å². The van der Waals surface area contributed by atoms with E-state index >= 15 is 0 Å². The molecule has 0 aliphatic rings. The summed E-state index contributed by atoms with van der Waals surface area (Å²) in [7, 11) is 0. The molecule has 0 amide bonds. The van der Waals surface area contributed by atoms with E-state index < -0.39 is 4.30 Å². The van der Waals surface area contributed by atoms with Gasteiger partial charge in [0.1, 0.15) is 30.4 Å². The van der Waals surface area contributed by atoms with Gasteiger partial charge in [-0.05, 0) is 34.9 Å². The van der Waals surface area contributed by atoms with Crippen LogP contribution in [0.4, 0.5) is 0 Å². The van der Waals surface area contributed by atoms with Gasteiger partial charge in [-0.1, -0.05) is 89.4 Å². The summed E-state index contributed by atoms with van der Waals surface area (Å²) < 4.78 is -0.750. The minimum absolute atomic E-state index is 0.508. The molecule has 0 spiro atoms. The van der Waals surface area contributed by atoms with Crippen molar-refractivity contribution in [2.24, 2.45) is 0 Å². The van der Waals surface area contributed by atoms with Gasteiger partial charge in [-0.15, -0.1) is 10.2 Å². The molecule has 9 nitrogen and oxygen atoms in total. The highest BCUT2D eigenvalue weighted by molar-refractivity contribution is 6.63. The quantitative estimate of drug-likeness (QED) is 0.162. The zero-order chi connectivity index (χ0) is 31.7. The summed E-state index contributed by atoms with van der Waals surface area (Å²) in [5.41, 5.74) is 9.59. The van der Waals surface area contributed by atoms with Crippen molar-refractivity contribution in [2.45, 2.75) is 4.30 Å². The molecule has 4 aromatic heterocycles. The van der Waals surface area contributed by atoms with E-state index in [4.69, 9.17) is 44.9 Å². The average Bonchev–Trinajstić information content (AvgIpc) is 3.12. The van der Waals surface area contributed by atoms with Gasteiger partial charge in [-0.2, -0.15) is 0 Å². The van der Waals surface area contributed by atoms with Crippen LogP contribution in [-0.2, 0) is 0 Å². The SMILES string of the molecule is ClC(Cl)Cl.c1cc(-c2cncnc2)cc(-c2nnc(-c3cccc(-c4cncnc4)c3)c(-c3cccc(-c4cncnc4)c3)n2)c1. The number of halogens is 3. The molecule has 0 bridgehead atoms. The number of rotatable bonds is 6. The van der Waals surface area contributed by atoms with E-state index in [1.165, 1.54) is 19.0 Å². The normalized spacial score (nSPS) is 10.7. The van der Waals surface area contributed by atoms with Crippen LogP contribution in [-0.4, -0.2) is 49.4 Å². The van der Waals surface area contributed by atoms with Gasteiger partial charge in [-0.3, -0.25) is 0 Å². The van der Waals surface area contributed by atoms with Crippen LogP contribution >= 0.6 is 34.8 Å². The van der Waals surface area contributed by atoms with Crippen molar-refractivity contribution in [2.75, 3.05) is 0 Å². The topological polar surface area (TPSA) is 116 Å². The number of aromatic nitrogens is 9. The van der Waals surface area contributed by atoms with E-state index in [-0.39, 0.29) is 0 Å². The summed E-state index contributed by atoms with van der Waals surface area (Å²) in [4.78, 5) is 30.1. The molecule has 0 N–H and O–H groups in total. The first-order chi connectivity index (χ1) is 22.5. The number of alkyl halides is 3. The molecule has 0 atom stereocenters. The van der Waals surface area contributed by atoms with Crippen molar-refractivity contribution >= 4 is 34.8 Å². The molecule has 46 heavy (non-hydrogen) atoms. The van der Waals surface area contributed by atoms with E-state index in [0.717, 1.165) is 50.1 Å². The lowest BCUT2D eigenvalue weighted by Crippen LogP contribution is -2.00. The highest BCUT2D eigenvalue weighted by atomic mass is 35.6. The first-order valence-electron chi connectivity index (χ1n) is 13.8. The third-order valence-corrected chi connectivity index (χ3v) is 6.76. The van der Waals surface area contributed by atoms with Crippen molar-refractivity contribution in [3.05, 3.63) is 129 Å². The predicted octanol–water partition coefficient (Wildman–Crippen LogP) is 8.23. The minimum Gasteiger partial charge on any atom is -0.244 e. The molecule has 0 unspecified atom stereocenters. The van der Waals surface area contributed by atoms with E-state index in [1.807, 2.05) is 60.7 Å². The maximum absolute atomic E-state index is 5.10. The first kappa shape index (κ1) is 30.8. The molecule has 12 heteroatoms. The van der Waals surface area contributed by atoms with Crippen LogP contribution < -0.4 is 0 Å². The van der Waals surface area contributed by atoms with Crippen LogP contribution in [0.1, 0.15) is 0 Å². The molecule has 3 aromatic carbocycles. The summed E-state index contributed by atoms with van der Waals surface area (Å²) >= 11 is 14.4. The van der Waals surface area contributed by atoms with E-state index in [2.05, 4.69) is 47.1 Å². The van der Waals surface area contributed by atoms with Crippen molar-refractivity contribution < 1.29 is 0 Å². The van der Waals surface area contributed by atoms with Crippen LogP contribution in [0, 0.1) is 0 Å². The summed E-state index contributed by atoms with van der Waals surface area (Å²) in [6, 6.07) is 24.2. The summed E-state index contributed by atoms with van der Waals surface area (Å²) in [5, 5.41) is 9.34. The summed E-state index contributed by atoms with van der Waals surface area (Å²) in [6.45, 7) is 0. The molecule has 0 radical (unpaired) electrons. The summed E-state index contributed by atoms with van der Waals surface area (Å²) in [5.74, 6) is 0.508. The van der Waals surface area contributed by atoms with E-state index in [0.29, 0.717) is 17.2 Å². The highest BCUT2D eigenvalue weighted by Crippen LogP contribution is 2.34. The van der Waals surface area contributed by atoms with E-state index in [1.54, 1.807) is 37.2 Å². The molecule has 224 valence electrons. The van der Waals surface area contributed by atoms with Crippen LogP contribution in [0.3, 0.4) is 0 Å². The fourth-order valence-corrected chi connectivity index (χ4v) is 4.72. The van der Waals surface area contributed by atoms with Gasteiger partial charge in [0.25, 0.3) is 0 Å². The molecule has 0 saturated heterocycles. The molecule has 0 aliphatic heterocycles. The maximum atomic E-state index is 5.10. The molecule has 7 aromatic rings. The molecule has 7 rings (SSSR count). The Bertz CT molecular complexity index is 2050. The maximum Gasteiger partial charge on any atom is 0.182 e. The second-order valence-corrected chi connectivity index (χ2v) is 11.7. The molecule has 0 saturated carbocycles. The largest absolute Gasteiger partial charge is 0.244 e. The van der Waals surface area contributed by atoms with Gasteiger partial charge in [0.15, 0.2) is 10.1 Å². The number of hydrogen-bond donors (Lipinski definition) is 0. The van der Waals surface area contributed by atoms with Crippen molar-refractivity contribution in [1.82, 2.24) is 45.1 Å². The number of benzene rings is 3. The second kappa shape index (κ2) is 14.7. The van der Waals surface area contributed by atoms with Gasteiger partial charge in [-0.25, -0.2) is 34.9 Å². The third kappa shape index (κ3) is 7.52. The van der Waals surface area contributed by atoms with Crippen LogP contribution in [0.15, 0.2) is 129 Å². The molecular formula is C34H22Cl3N9. The fraction of sp³-hybridized carbons (Fsp3) is 0.0294. The zero-order valence-corrected chi connectivity index (χ0v) is 26.1.